The molecule has 0 saturated heterocycles. The minimum Gasteiger partial charge on any atom is -0.493 e. The van der Waals surface area contributed by atoms with Gasteiger partial charge in [0.25, 0.3) is 0 Å². The fourth-order valence-corrected chi connectivity index (χ4v) is 4.46. The lowest BCUT2D eigenvalue weighted by atomic mass is 9.95. The number of nitrogens with two attached hydrogens (primary N) is 1. The topological polar surface area (TPSA) is 35.1 Å². The third-order valence-electron chi connectivity index (χ3n) is 4.56. The number of rotatable bonds is 7. The van der Waals surface area contributed by atoms with Crippen LogP contribution in [-0.4, -0.2) is 13.2 Å². The average Bonchev–Trinajstić information content (AvgIpc) is 3.13. The van der Waals surface area contributed by atoms with Gasteiger partial charge in [-0.25, -0.2) is 0 Å². The van der Waals surface area contributed by atoms with Gasteiger partial charge in [-0.05, 0) is 65.2 Å². The van der Waals surface area contributed by atoms with E-state index < -0.39 is 0 Å². The Labute approximate surface area is 156 Å². The van der Waals surface area contributed by atoms with Crippen molar-refractivity contribution in [3.05, 3.63) is 44.6 Å². The van der Waals surface area contributed by atoms with Crippen LogP contribution in [0.5, 0.6) is 11.5 Å². The first-order chi connectivity index (χ1) is 11.8. The van der Waals surface area contributed by atoms with Gasteiger partial charge in [-0.15, -0.1) is 11.3 Å². The molecule has 1 heterocycles. The molecule has 3 rings (SSSR count). The molecule has 1 aromatic carbocycles. The zero-order valence-electron chi connectivity index (χ0n) is 14.1. The summed E-state index contributed by atoms with van der Waals surface area (Å²) in [6.45, 7) is 1.56. The van der Waals surface area contributed by atoms with E-state index in [1.165, 1.54) is 42.5 Å². The lowest BCUT2D eigenvalue weighted by molar-refractivity contribution is -0.706. The Morgan fingerprint density at radius 2 is 2.08 bits per heavy atom. The van der Waals surface area contributed by atoms with Gasteiger partial charge in [0, 0.05) is 10.4 Å². The van der Waals surface area contributed by atoms with Gasteiger partial charge in [0.15, 0.2) is 11.5 Å². The van der Waals surface area contributed by atoms with Crippen LogP contribution in [0.15, 0.2) is 34.1 Å². The molecule has 5 heteroatoms. The van der Waals surface area contributed by atoms with E-state index in [9.17, 15) is 0 Å². The second-order valence-electron chi connectivity index (χ2n) is 6.31. The smallest absolute Gasteiger partial charge is 0.175 e. The molecule has 3 nitrogen and oxygen atoms in total. The molecule has 130 valence electrons. The van der Waals surface area contributed by atoms with Crippen molar-refractivity contribution < 1.29 is 14.8 Å². The third-order valence-corrected chi connectivity index (χ3v) is 6.00. The fraction of sp³-hybridized carbons (Fsp3) is 0.474. The molecular weight excluding hydrogens is 386 g/mol. The highest BCUT2D eigenvalue weighted by atomic mass is 79.9. The highest BCUT2D eigenvalue weighted by molar-refractivity contribution is 9.10. The van der Waals surface area contributed by atoms with Gasteiger partial charge in [-0.3, -0.25) is 0 Å². The summed E-state index contributed by atoms with van der Waals surface area (Å²) in [4.78, 5) is 1.21. The van der Waals surface area contributed by atoms with Gasteiger partial charge in [-0.1, -0.05) is 12.5 Å². The van der Waals surface area contributed by atoms with Crippen LogP contribution >= 0.6 is 27.3 Å². The third kappa shape index (κ3) is 4.74. The fourth-order valence-electron chi connectivity index (χ4n) is 3.24. The number of methoxy groups -OCH3 is 1. The van der Waals surface area contributed by atoms with E-state index >= 15 is 0 Å². The summed E-state index contributed by atoms with van der Waals surface area (Å²) < 4.78 is 12.5. The summed E-state index contributed by atoms with van der Waals surface area (Å²) in [5.74, 6) is 1.58. The van der Waals surface area contributed by atoms with Crippen molar-refractivity contribution in [3.63, 3.8) is 0 Å². The zero-order valence-corrected chi connectivity index (χ0v) is 16.5. The molecule has 1 saturated carbocycles. The summed E-state index contributed by atoms with van der Waals surface area (Å²) >= 11 is 5.36. The van der Waals surface area contributed by atoms with Crippen LogP contribution < -0.4 is 14.8 Å². The lowest BCUT2D eigenvalue weighted by Crippen LogP contribution is -2.88. The Bertz CT molecular complexity index is 639. The maximum Gasteiger partial charge on any atom is 0.175 e. The van der Waals surface area contributed by atoms with E-state index in [0.717, 1.165) is 28.6 Å². The first-order valence-electron chi connectivity index (χ1n) is 8.61. The zero-order chi connectivity index (χ0) is 16.8. The van der Waals surface area contributed by atoms with E-state index in [-0.39, 0.29) is 0 Å². The second kappa shape index (κ2) is 8.88. The maximum absolute atomic E-state index is 5.98. The van der Waals surface area contributed by atoms with E-state index in [4.69, 9.17) is 9.47 Å². The van der Waals surface area contributed by atoms with Crippen molar-refractivity contribution in [1.82, 2.24) is 0 Å². The Kier molecular flexibility index (Phi) is 6.58. The molecule has 0 spiro atoms. The number of hydrogen-bond donors (Lipinski definition) is 1. The summed E-state index contributed by atoms with van der Waals surface area (Å²) in [6.07, 6.45) is 6.86. The van der Waals surface area contributed by atoms with Crippen LogP contribution in [0.1, 0.15) is 42.5 Å². The first kappa shape index (κ1) is 17.8. The monoisotopic (exact) mass is 410 g/mol. The normalized spacial score (nSPS) is 15.4. The number of hydrogen-bond acceptors (Lipinski definition) is 3. The summed E-state index contributed by atoms with van der Waals surface area (Å²) in [5, 5.41) is 4.54. The van der Waals surface area contributed by atoms with Crippen LogP contribution in [0.3, 0.4) is 0 Å². The molecular formula is C19H25BrNO2S+. The van der Waals surface area contributed by atoms with E-state index in [2.05, 4.69) is 44.8 Å². The van der Waals surface area contributed by atoms with Crippen molar-refractivity contribution in [3.8, 4) is 11.5 Å². The second-order valence-corrected chi connectivity index (χ2v) is 8.20. The number of benzene rings is 1. The largest absolute Gasteiger partial charge is 0.493 e. The molecule has 0 unspecified atom stereocenters. The van der Waals surface area contributed by atoms with Gasteiger partial charge in [0.2, 0.25) is 0 Å². The molecule has 2 aromatic rings. The number of quaternary nitrogens is 1. The van der Waals surface area contributed by atoms with Crippen LogP contribution in [0.2, 0.25) is 0 Å². The van der Waals surface area contributed by atoms with Gasteiger partial charge in [0.05, 0.1) is 17.6 Å². The predicted octanol–water partition coefficient (Wildman–Crippen LogP) is 4.49. The molecule has 0 aliphatic heterocycles. The van der Waals surface area contributed by atoms with Crippen LogP contribution in [0, 0.1) is 0 Å². The molecule has 0 amide bonds. The minimum atomic E-state index is 0.570. The van der Waals surface area contributed by atoms with Gasteiger partial charge in [-0.2, -0.15) is 0 Å². The Morgan fingerprint density at radius 1 is 1.25 bits per heavy atom. The van der Waals surface area contributed by atoms with Crippen molar-refractivity contribution >= 4 is 27.3 Å². The Balaban J connectivity index is 1.64. The SMILES string of the molecule is COc1cc(C[NH2+]C2CCCCC2)cc(Br)c1OCc1cccs1. The van der Waals surface area contributed by atoms with Crippen molar-refractivity contribution in [2.75, 3.05) is 7.11 Å². The van der Waals surface area contributed by atoms with Gasteiger partial charge < -0.3 is 14.8 Å². The molecule has 1 aromatic heterocycles. The van der Waals surface area contributed by atoms with Gasteiger partial charge >= 0.3 is 0 Å². The number of halogens is 1. The molecule has 1 aliphatic carbocycles. The lowest BCUT2D eigenvalue weighted by Gasteiger charge is -2.20. The Morgan fingerprint density at radius 3 is 2.79 bits per heavy atom. The predicted molar refractivity (Wildman–Crippen MR) is 102 cm³/mol. The molecule has 24 heavy (non-hydrogen) atoms. The van der Waals surface area contributed by atoms with Crippen molar-refractivity contribution in [2.24, 2.45) is 0 Å². The number of ether oxygens (including phenoxy) is 2. The first-order valence-corrected chi connectivity index (χ1v) is 10.3. The average molecular weight is 411 g/mol. The molecule has 0 atom stereocenters. The molecule has 1 aliphatic rings. The maximum atomic E-state index is 5.98. The molecule has 2 N–H and O–H groups in total. The molecule has 0 bridgehead atoms. The summed E-state index contributed by atoms with van der Waals surface area (Å²) in [7, 11) is 1.70. The van der Waals surface area contributed by atoms with E-state index in [0.29, 0.717) is 6.61 Å². The van der Waals surface area contributed by atoms with Crippen molar-refractivity contribution in [2.45, 2.75) is 51.3 Å². The Hall–Kier alpha value is -1.04. The molecule has 0 radical (unpaired) electrons. The van der Waals surface area contributed by atoms with Crippen molar-refractivity contribution in [1.29, 1.82) is 0 Å². The van der Waals surface area contributed by atoms with Crippen LogP contribution in [0.25, 0.3) is 0 Å². The summed E-state index contributed by atoms with van der Waals surface area (Å²) in [6, 6.07) is 9.16. The van der Waals surface area contributed by atoms with Crippen LogP contribution in [-0.2, 0) is 13.2 Å². The quantitative estimate of drug-likeness (QED) is 0.729. The number of thiophene rings is 1. The minimum absolute atomic E-state index is 0.570. The standard InChI is InChI=1S/C19H24BrNO2S/c1-22-18-11-14(12-21-15-6-3-2-4-7-15)10-17(20)19(18)23-13-16-8-5-9-24-16/h5,8-11,15,21H,2-4,6-7,12-13H2,1H3/p+1. The summed E-state index contributed by atoms with van der Waals surface area (Å²) in [5.41, 5.74) is 1.27. The highest BCUT2D eigenvalue weighted by Gasteiger charge is 2.17. The van der Waals surface area contributed by atoms with Gasteiger partial charge in [0.1, 0.15) is 13.2 Å². The molecule has 1 fully saturated rings. The van der Waals surface area contributed by atoms with E-state index in [1.807, 2.05) is 6.07 Å². The van der Waals surface area contributed by atoms with E-state index in [1.54, 1.807) is 18.4 Å². The van der Waals surface area contributed by atoms with Crippen LogP contribution in [0.4, 0.5) is 0 Å². The highest BCUT2D eigenvalue weighted by Crippen LogP contribution is 2.37.